The summed E-state index contributed by atoms with van der Waals surface area (Å²) in [6, 6.07) is 18.1. The molecule has 4 heteroatoms. The monoisotopic (exact) mass is 486 g/mol. The molecule has 0 bridgehead atoms. The lowest BCUT2D eigenvalue weighted by atomic mass is 9.87. The third-order valence-corrected chi connectivity index (χ3v) is 7.55. The highest BCUT2D eigenvalue weighted by Gasteiger charge is 2.26. The van der Waals surface area contributed by atoms with Gasteiger partial charge in [0.15, 0.2) is 0 Å². The first-order chi connectivity index (χ1) is 17.5. The molecule has 0 fully saturated rings. The number of hydrogen-bond donors (Lipinski definition) is 0. The van der Waals surface area contributed by atoms with E-state index >= 15 is 0 Å². The van der Waals surface area contributed by atoms with Gasteiger partial charge in [-0.1, -0.05) is 56.3 Å². The zero-order valence-electron chi connectivity index (χ0n) is 22.9. The molecule has 1 aliphatic rings. The predicted octanol–water partition coefficient (Wildman–Crippen LogP) is 7.10. The molecule has 2 atom stereocenters. The molecule has 4 nitrogen and oxygen atoms in total. The van der Waals surface area contributed by atoms with E-state index in [1.165, 1.54) is 52.6 Å². The molecule has 4 rings (SSSR count). The highest BCUT2D eigenvalue weighted by atomic mass is 16.5. The summed E-state index contributed by atoms with van der Waals surface area (Å²) in [4.78, 5) is 7.66. The van der Waals surface area contributed by atoms with Crippen LogP contribution in [0.5, 0.6) is 5.75 Å². The number of benzene rings is 2. The minimum atomic E-state index is -0.0452. The quantitative estimate of drug-likeness (QED) is 0.306. The molecule has 1 heterocycles. The summed E-state index contributed by atoms with van der Waals surface area (Å²) < 4.78 is 11.9. The zero-order chi connectivity index (χ0) is 25.7. The molecule has 1 aromatic heterocycles. The van der Waals surface area contributed by atoms with Crippen LogP contribution < -0.4 is 4.74 Å². The third-order valence-electron chi connectivity index (χ3n) is 7.55. The maximum Gasteiger partial charge on any atom is 0.128 e. The third kappa shape index (κ3) is 5.66. The van der Waals surface area contributed by atoms with Gasteiger partial charge in [0.25, 0.3) is 0 Å². The van der Waals surface area contributed by atoms with Gasteiger partial charge in [-0.3, -0.25) is 9.88 Å². The van der Waals surface area contributed by atoms with Gasteiger partial charge in [0.2, 0.25) is 0 Å². The summed E-state index contributed by atoms with van der Waals surface area (Å²) in [5.74, 6) is 0.922. The number of nitrogens with zero attached hydrogens (tertiary/aromatic N) is 2. The molecule has 0 N–H and O–H groups in total. The number of methoxy groups -OCH3 is 1. The fourth-order valence-electron chi connectivity index (χ4n) is 5.70. The summed E-state index contributed by atoms with van der Waals surface area (Å²) >= 11 is 0. The van der Waals surface area contributed by atoms with Crippen LogP contribution in [-0.2, 0) is 30.5 Å². The molecule has 1 aliphatic carbocycles. The van der Waals surface area contributed by atoms with E-state index in [0.717, 1.165) is 36.5 Å². The van der Waals surface area contributed by atoms with Crippen molar-refractivity contribution in [3.05, 3.63) is 82.0 Å². The van der Waals surface area contributed by atoms with Crippen LogP contribution in [0.3, 0.4) is 0 Å². The number of fused-ring (bicyclic) bond motifs is 1. The maximum absolute atomic E-state index is 6.54. The SMILES string of the molecule is CCc1cccc(CC)c1-c1cc(O[C@H](C)COC)c(CN(C)[C@H]2CCCc3ccccc32)c(C)n1. The second-order valence-electron chi connectivity index (χ2n) is 10.1. The van der Waals surface area contributed by atoms with Crippen LogP contribution in [0.25, 0.3) is 11.3 Å². The van der Waals surface area contributed by atoms with E-state index < -0.39 is 0 Å². The topological polar surface area (TPSA) is 34.6 Å². The average molecular weight is 487 g/mol. The van der Waals surface area contributed by atoms with Crippen molar-refractivity contribution in [2.24, 2.45) is 0 Å². The Hall–Kier alpha value is -2.69. The van der Waals surface area contributed by atoms with Gasteiger partial charge in [0.05, 0.1) is 12.3 Å². The number of aryl methyl sites for hydroxylation is 4. The van der Waals surface area contributed by atoms with E-state index in [0.29, 0.717) is 12.6 Å². The average Bonchev–Trinajstić information content (AvgIpc) is 2.89. The molecule has 0 spiro atoms. The van der Waals surface area contributed by atoms with Gasteiger partial charge in [-0.2, -0.15) is 0 Å². The Bertz CT molecular complexity index is 1150. The van der Waals surface area contributed by atoms with Gasteiger partial charge in [-0.05, 0) is 75.3 Å². The Morgan fingerprint density at radius 2 is 1.78 bits per heavy atom. The molecular weight excluding hydrogens is 444 g/mol. The molecule has 0 aliphatic heterocycles. The predicted molar refractivity (Wildman–Crippen MR) is 149 cm³/mol. The van der Waals surface area contributed by atoms with E-state index in [-0.39, 0.29) is 6.10 Å². The highest BCUT2D eigenvalue weighted by molar-refractivity contribution is 5.70. The number of ether oxygens (including phenoxy) is 2. The first-order valence-electron chi connectivity index (χ1n) is 13.5. The minimum Gasteiger partial charge on any atom is -0.488 e. The van der Waals surface area contributed by atoms with E-state index in [2.05, 4.69) is 88.2 Å². The summed E-state index contributed by atoms with van der Waals surface area (Å²) in [5.41, 5.74) is 10.1. The van der Waals surface area contributed by atoms with Gasteiger partial charge < -0.3 is 9.47 Å². The molecule has 0 saturated heterocycles. The van der Waals surface area contributed by atoms with Crippen LogP contribution in [0, 0.1) is 6.92 Å². The lowest BCUT2D eigenvalue weighted by Gasteiger charge is -2.34. The van der Waals surface area contributed by atoms with Crippen molar-refractivity contribution >= 4 is 0 Å². The summed E-state index contributed by atoms with van der Waals surface area (Å²) in [7, 11) is 3.97. The van der Waals surface area contributed by atoms with Gasteiger partial charge in [0, 0.05) is 42.6 Å². The minimum absolute atomic E-state index is 0.0452. The maximum atomic E-state index is 6.54. The van der Waals surface area contributed by atoms with Crippen molar-refractivity contribution in [3.8, 4) is 17.0 Å². The Morgan fingerprint density at radius 1 is 1.06 bits per heavy atom. The Morgan fingerprint density at radius 3 is 2.47 bits per heavy atom. The number of aromatic nitrogens is 1. The van der Waals surface area contributed by atoms with Gasteiger partial charge >= 0.3 is 0 Å². The standard InChI is InChI=1S/C32H42N2O2/c1-7-24-14-11-15-25(8-2)32(24)29-19-31(36-22(3)21-35-6)28(23(4)33-29)20-34(5)30-18-12-16-26-13-9-10-17-27(26)30/h9-11,13-15,17,19,22,30H,7-8,12,16,18,20-21H2,1-6H3/t22-,30+/m1/s1. The van der Waals surface area contributed by atoms with E-state index in [1.807, 2.05) is 0 Å². The van der Waals surface area contributed by atoms with Crippen LogP contribution in [0.4, 0.5) is 0 Å². The van der Waals surface area contributed by atoms with Gasteiger partial charge in [-0.25, -0.2) is 0 Å². The van der Waals surface area contributed by atoms with E-state index in [9.17, 15) is 0 Å². The van der Waals surface area contributed by atoms with Crippen LogP contribution in [0.2, 0.25) is 0 Å². The van der Waals surface area contributed by atoms with Crippen LogP contribution in [-0.4, -0.2) is 36.8 Å². The summed E-state index contributed by atoms with van der Waals surface area (Å²) in [6.07, 6.45) is 5.49. The normalized spacial score (nSPS) is 16.1. The molecule has 0 amide bonds. The second kappa shape index (κ2) is 12.0. The van der Waals surface area contributed by atoms with Gasteiger partial charge in [-0.15, -0.1) is 0 Å². The summed E-state index contributed by atoms with van der Waals surface area (Å²) in [6.45, 7) is 9.98. The van der Waals surface area contributed by atoms with Crippen molar-refractivity contribution in [1.82, 2.24) is 9.88 Å². The first-order valence-corrected chi connectivity index (χ1v) is 13.5. The number of hydrogen-bond acceptors (Lipinski definition) is 4. The molecule has 2 aromatic carbocycles. The summed E-state index contributed by atoms with van der Waals surface area (Å²) in [5, 5.41) is 0. The number of pyridine rings is 1. The lowest BCUT2D eigenvalue weighted by molar-refractivity contribution is 0.0902. The van der Waals surface area contributed by atoms with Crippen molar-refractivity contribution in [2.75, 3.05) is 20.8 Å². The fraction of sp³-hybridized carbons (Fsp3) is 0.469. The van der Waals surface area contributed by atoms with E-state index in [1.54, 1.807) is 7.11 Å². The molecule has 192 valence electrons. The second-order valence-corrected chi connectivity index (χ2v) is 10.1. The first kappa shape index (κ1) is 26.4. The van der Waals surface area contributed by atoms with Crippen LogP contribution >= 0.6 is 0 Å². The van der Waals surface area contributed by atoms with E-state index in [4.69, 9.17) is 14.5 Å². The van der Waals surface area contributed by atoms with Crippen molar-refractivity contribution in [3.63, 3.8) is 0 Å². The largest absolute Gasteiger partial charge is 0.488 e. The smallest absolute Gasteiger partial charge is 0.128 e. The zero-order valence-corrected chi connectivity index (χ0v) is 22.9. The molecule has 0 unspecified atom stereocenters. The fourth-order valence-corrected chi connectivity index (χ4v) is 5.70. The Labute approximate surface area is 217 Å². The molecule has 3 aromatic rings. The van der Waals surface area contributed by atoms with Crippen LogP contribution in [0.15, 0.2) is 48.5 Å². The van der Waals surface area contributed by atoms with Crippen molar-refractivity contribution in [1.29, 1.82) is 0 Å². The lowest BCUT2D eigenvalue weighted by Crippen LogP contribution is -2.28. The Kier molecular flexibility index (Phi) is 8.81. The van der Waals surface area contributed by atoms with Gasteiger partial charge in [0.1, 0.15) is 11.9 Å². The molecule has 0 radical (unpaired) electrons. The van der Waals surface area contributed by atoms with Crippen molar-refractivity contribution < 1.29 is 9.47 Å². The van der Waals surface area contributed by atoms with Crippen molar-refractivity contribution in [2.45, 2.75) is 78.5 Å². The molecule has 36 heavy (non-hydrogen) atoms. The molecule has 0 saturated carbocycles. The van der Waals surface area contributed by atoms with Crippen LogP contribution in [0.1, 0.15) is 73.2 Å². The number of rotatable bonds is 10. The Balaban J connectivity index is 1.74. The highest BCUT2D eigenvalue weighted by Crippen LogP contribution is 2.37. The molecular formula is C32H42N2O2.